The van der Waals surface area contributed by atoms with Crippen LogP contribution in [-0.2, 0) is 0 Å². The Kier molecular flexibility index (Phi) is 6.67. The SMILES string of the molecule is COc1cc(-c2ncc(C(=O)N3CCCC3)c(N3CCC(C)CC3)n2)cc(OC)c1OC. The number of benzene rings is 1. The fraction of sp³-hybridized carbons (Fsp3) is 0.542. The van der Waals surface area contributed by atoms with Crippen molar-refractivity contribution in [1.82, 2.24) is 14.9 Å². The quantitative estimate of drug-likeness (QED) is 0.679. The number of ether oxygens (including phenoxy) is 3. The summed E-state index contributed by atoms with van der Waals surface area (Å²) in [6.07, 6.45) is 5.95. The van der Waals surface area contributed by atoms with Crippen LogP contribution < -0.4 is 19.1 Å². The second kappa shape index (κ2) is 9.63. The first-order valence-corrected chi connectivity index (χ1v) is 11.3. The zero-order valence-electron chi connectivity index (χ0n) is 19.4. The van der Waals surface area contributed by atoms with Crippen LogP contribution in [0, 0.1) is 5.92 Å². The normalized spacial score (nSPS) is 16.9. The maximum Gasteiger partial charge on any atom is 0.259 e. The number of methoxy groups -OCH3 is 3. The Morgan fingerprint density at radius 2 is 1.59 bits per heavy atom. The van der Waals surface area contributed by atoms with E-state index in [2.05, 4.69) is 16.8 Å². The van der Waals surface area contributed by atoms with Crippen LogP contribution in [0.2, 0.25) is 0 Å². The first kappa shape index (κ1) is 22.2. The topological polar surface area (TPSA) is 77.0 Å². The molecule has 0 unspecified atom stereocenters. The van der Waals surface area contributed by atoms with Gasteiger partial charge in [0, 0.05) is 37.9 Å². The number of likely N-dealkylation sites (tertiary alicyclic amines) is 1. The maximum absolute atomic E-state index is 13.3. The van der Waals surface area contributed by atoms with Crippen LogP contribution in [0.5, 0.6) is 17.2 Å². The van der Waals surface area contributed by atoms with Gasteiger partial charge in [-0.2, -0.15) is 0 Å². The van der Waals surface area contributed by atoms with Crippen molar-refractivity contribution in [1.29, 1.82) is 0 Å². The lowest BCUT2D eigenvalue weighted by Gasteiger charge is -2.32. The molecule has 2 aromatic rings. The van der Waals surface area contributed by atoms with E-state index < -0.39 is 0 Å². The van der Waals surface area contributed by atoms with Crippen LogP contribution in [0.3, 0.4) is 0 Å². The van der Waals surface area contributed by atoms with Gasteiger partial charge in [-0.1, -0.05) is 6.92 Å². The summed E-state index contributed by atoms with van der Waals surface area (Å²) in [5, 5.41) is 0. The van der Waals surface area contributed by atoms with Gasteiger partial charge in [0.15, 0.2) is 17.3 Å². The third kappa shape index (κ3) is 4.31. The molecule has 0 N–H and O–H groups in total. The Bertz CT molecular complexity index is 941. The number of amides is 1. The van der Waals surface area contributed by atoms with Crippen LogP contribution in [0.1, 0.15) is 43.0 Å². The maximum atomic E-state index is 13.3. The van der Waals surface area contributed by atoms with Gasteiger partial charge in [-0.25, -0.2) is 9.97 Å². The fourth-order valence-electron chi connectivity index (χ4n) is 4.42. The zero-order valence-corrected chi connectivity index (χ0v) is 19.4. The minimum Gasteiger partial charge on any atom is -0.493 e. The van der Waals surface area contributed by atoms with Gasteiger partial charge in [-0.3, -0.25) is 4.79 Å². The molecule has 172 valence electrons. The molecule has 2 aliphatic rings. The number of carbonyl (C=O) groups is 1. The molecular formula is C24H32N4O4. The molecule has 1 aromatic heterocycles. The summed E-state index contributed by atoms with van der Waals surface area (Å²) in [6.45, 7) is 5.63. The van der Waals surface area contributed by atoms with Crippen LogP contribution in [-0.4, -0.2) is 68.3 Å². The predicted molar refractivity (Wildman–Crippen MR) is 123 cm³/mol. The second-order valence-corrected chi connectivity index (χ2v) is 8.51. The van der Waals surface area contributed by atoms with Gasteiger partial charge in [-0.15, -0.1) is 0 Å². The van der Waals surface area contributed by atoms with Crippen LogP contribution in [0.15, 0.2) is 18.3 Å². The second-order valence-electron chi connectivity index (χ2n) is 8.51. The molecule has 0 aliphatic carbocycles. The highest BCUT2D eigenvalue weighted by Gasteiger charge is 2.28. The lowest BCUT2D eigenvalue weighted by Crippen LogP contribution is -2.36. The summed E-state index contributed by atoms with van der Waals surface area (Å²) in [4.78, 5) is 26.9. The van der Waals surface area contributed by atoms with Crippen molar-refractivity contribution >= 4 is 11.7 Å². The summed E-state index contributed by atoms with van der Waals surface area (Å²) in [6, 6.07) is 3.67. The molecule has 1 aromatic carbocycles. The molecule has 0 radical (unpaired) electrons. The van der Waals surface area contributed by atoms with Gasteiger partial charge in [0.25, 0.3) is 5.91 Å². The Morgan fingerprint density at radius 3 is 2.16 bits per heavy atom. The van der Waals surface area contributed by atoms with Gasteiger partial charge in [0.1, 0.15) is 11.4 Å². The Labute approximate surface area is 189 Å². The summed E-state index contributed by atoms with van der Waals surface area (Å²) < 4.78 is 16.4. The Morgan fingerprint density at radius 1 is 0.969 bits per heavy atom. The van der Waals surface area contributed by atoms with E-state index in [4.69, 9.17) is 19.2 Å². The van der Waals surface area contributed by atoms with Crippen molar-refractivity contribution in [3.05, 3.63) is 23.9 Å². The molecule has 0 atom stereocenters. The lowest BCUT2D eigenvalue weighted by molar-refractivity contribution is 0.0792. The molecule has 0 spiro atoms. The number of piperidine rings is 1. The van der Waals surface area contributed by atoms with E-state index in [1.165, 1.54) is 0 Å². The number of hydrogen-bond donors (Lipinski definition) is 0. The van der Waals surface area contributed by atoms with Gasteiger partial charge >= 0.3 is 0 Å². The highest BCUT2D eigenvalue weighted by molar-refractivity contribution is 5.99. The van der Waals surface area contributed by atoms with Gasteiger partial charge in [-0.05, 0) is 43.7 Å². The van der Waals surface area contributed by atoms with Crippen molar-refractivity contribution in [3.8, 4) is 28.6 Å². The number of hydrogen-bond acceptors (Lipinski definition) is 7. The molecule has 32 heavy (non-hydrogen) atoms. The van der Waals surface area contributed by atoms with Crippen molar-refractivity contribution in [2.24, 2.45) is 5.92 Å². The standard InChI is InChI=1S/C24H32N4O4/c1-16-7-11-27(12-8-16)23-18(24(29)28-9-5-6-10-28)15-25-22(26-23)17-13-19(30-2)21(32-4)20(14-17)31-3/h13-16H,5-12H2,1-4H3. The number of carbonyl (C=O) groups excluding carboxylic acids is 1. The average Bonchev–Trinajstić information content (AvgIpc) is 3.38. The van der Waals surface area contributed by atoms with E-state index in [-0.39, 0.29) is 5.91 Å². The Hall–Kier alpha value is -3.03. The summed E-state index contributed by atoms with van der Waals surface area (Å²) in [7, 11) is 4.74. The van der Waals surface area contributed by atoms with E-state index in [1.54, 1.807) is 27.5 Å². The van der Waals surface area contributed by atoms with E-state index in [0.29, 0.717) is 40.4 Å². The van der Waals surface area contributed by atoms with Crippen LogP contribution >= 0.6 is 0 Å². The molecule has 8 nitrogen and oxygen atoms in total. The minimum atomic E-state index is 0.0209. The van der Waals surface area contributed by atoms with Crippen molar-refractivity contribution < 1.29 is 19.0 Å². The molecule has 2 saturated heterocycles. The van der Waals surface area contributed by atoms with Crippen molar-refractivity contribution in [2.75, 3.05) is 52.4 Å². The van der Waals surface area contributed by atoms with E-state index in [0.717, 1.165) is 57.4 Å². The third-order valence-electron chi connectivity index (χ3n) is 6.40. The predicted octanol–water partition coefficient (Wildman–Crippen LogP) is 3.64. The van der Waals surface area contributed by atoms with Gasteiger partial charge in [0.2, 0.25) is 5.75 Å². The third-order valence-corrected chi connectivity index (χ3v) is 6.40. The monoisotopic (exact) mass is 440 g/mol. The summed E-state index contributed by atoms with van der Waals surface area (Å²) in [5.74, 6) is 3.54. The van der Waals surface area contributed by atoms with Gasteiger partial charge in [0.05, 0.1) is 21.3 Å². The highest BCUT2D eigenvalue weighted by atomic mass is 16.5. The highest BCUT2D eigenvalue weighted by Crippen LogP contribution is 2.41. The summed E-state index contributed by atoms with van der Waals surface area (Å²) in [5.41, 5.74) is 1.32. The molecule has 0 bridgehead atoms. The molecule has 1 amide bonds. The molecule has 2 fully saturated rings. The molecule has 8 heteroatoms. The minimum absolute atomic E-state index is 0.0209. The van der Waals surface area contributed by atoms with Crippen molar-refractivity contribution in [3.63, 3.8) is 0 Å². The Balaban J connectivity index is 1.77. The number of rotatable bonds is 6. The van der Waals surface area contributed by atoms with Crippen LogP contribution in [0.25, 0.3) is 11.4 Å². The largest absolute Gasteiger partial charge is 0.493 e. The average molecular weight is 441 g/mol. The van der Waals surface area contributed by atoms with E-state index in [1.807, 2.05) is 17.0 Å². The van der Waals surface area contributed by atoms with E-state index in [9.17, 15) is 4.79 Å². The smallest absolute Gasteiger partial charge is 0.259 e. The molecule has 0 saturated carbocycles. The van der Waals surface area contributed by atoms with Crippen LogP contribution in [0.4, 0.5) is 5.82 Å². The molecule has 3 heterocycles. The van der Waals surface area contributed by atoms with E-state index >= 15 is 0 Å². The number of anilines is 1. The molecule has 2 aliphatic heterocycles. The molecular weight excluding hydrogens is 408 g/mol. The molecule has 4 rings (SSSR count). The van der Waals surface area contributed by atoms with Gasteiger partial charge < -0.3 is 24.0 Å². The lowest BCUT2D eigenvalue weighted by atomic mass is 9.99. The zero-order chi connectivity index (χ0) is 22.7. The summed E-state index contributed by atoms with van der Waals surface area (Å²) >= 11 is 0. The number of nitrogens with zero attached hydrogens (tertiary/aromatic N) is 4. The first-order valence-electron chi connectivity index (χ1n) is 11.3. The van der Waals surface area contributed by atoms with Crippen molar-refractivity contribution in [2.45, 2.75) is 32.6 Å². The number of aromatic nitrogens is 2. The first-order chi connectivity index (χ1) is 15.5. The fourth-order valence-corrected chi connectivity index (χ4v) is 4.42.